The summed E-state index contributed by atoms with van der Waals surface area (Å²) < 4.78 is 6.55. The molecule has 0 bridgehead atoms. The summed E-state index contributed by atoms with van der Waals surface area (Å²) in [6.45, 7) is 8.32. The van der Waals surface area contributed by atoms with Gasteiger partial charge in [-0.15, -0.1) is 0 Å². The van der Waals surface area contributed by atoms with Crippen LogP contribution in [0, 0.1) is 6.92 Å². The molecule has 0 amide bonds. The van der Waals surface area contributed by atoms with Gasteiger partial charge in [0.15, 0.2) is 0 Å². The molecule has 0 unspecified atom stereocenters. The number of nitrogens with zero attached hydrogens (tertiary/aromatic N) is 6. The lowest BCUT2D eigenvalue weighted by Crippen LogP contribution is -2.45. The standard InChI is InChI=1S/C29H31ClN6O3/c1-5-34-24-14-19-21(15-25(24)35(6-2)29(34)39)31-26(30)16-23(19)33-11-9-18(10-12-33)36-27(37)20-13-17(3)7-8-22(20)32(4)28(36)38/h7-8,13-16,18H,5-6,9-12H2,1-4H3. The van der Waals surface area contributed by atoms with Gasteiger partial charge in [0.1, 0.15) is 5.15 Å². The van der Waals surface area contributed by atoms with Gasteiger partial charge in [-0.2, -0.15) is 0 Å². The quantitative estimate of drug-likeness (QED) is 0.315. The summed E-state index contributed by atoms with van der Waals surface area (Å²) >= 11 is 6.48. The molecule has 4 heterocycles. The lowest BCUT2D eigenvalue weighted by molar-refractivity contribution is 0.372. The number of imidazole rings is 1. The molecule has 1 saturated heterocycles. The summed E-state index contributed by atoms with van der Waals surface area (Å²) in [6.07, 6.45) is 1.28. The van der Waals surface area contributed by atoms with Crippen molar-refractivity contribution in [3.05, 3.63) is 78.4 Å². The first-order valence-corrected chi connectivity index (χ1v) is 13.8. The average molecular weight is 547 g/mol. The molecule has 0 N–H and O–H groups in total. The van der Waals surface area contributed by atoms with Crippen LogP contribution in [0.25, 0.3) is 32.8 Å². The second kappa shape index (κ2) is 9.41. The van der Waals surface area contributed by atoms with Gasteiger partial charge >= 0.3 is 11.4 Å². The smallest absolute Gasteiger partial charge is 0.331 e. The largest absolute Gasteiger partial charge is 0.371 e. The average Bonchev–Trinajstić information content (AvgIpc) is 3.19. The van der Waals surface area contributed by atoms with Crippen molar-refractivity contribution >= 4 is 50.1 Å². The monoisotopic (exact) mass is 546 g/mol. The lowest BCUT2D eigenvalue weighted by Gasteiger charge is -2.35. The molecule has 39 heavy (non-hydrogen) atoms. The third-order valence-electron chi connectivity index (χ3n) is 8.15. The van der Waals surface area contributed by atoms with Crippen molar-refractivity contribution in [3.8, 4) is 0 Å². The van der Waals surface area contributed by atoms with Gasteiger partial charge in [-0.1, -0.05) is 23.2 Å². The Morgan fingerprint density at radius 3 is 2.21 bits per heavy atom. The third-order valence-corrected chi connectivity index (χ3v) is 8.35. The van der Waals surface area contributed by atoms with Crippen LogP contribution in [0.15, 0.2) is 50.8 Å². The molecule has 0 spiro atoms. The molecule has 1 aliphatic rings. The number of aryl methyl sites for hydroxylation is 4. The van der Waals surface area contributed by atoms with Gasteiger partial charge < -0.3 is 4.90 Å². The number of benzene rings is 2. The first-order valence-electron chi connectivity index (χ1n) is 13.4. The fourth-order valence-electron chi connectivity index (χ4n) is 6.14. The molecular formula is C29H31ClN6O3. The van der Waals surface area contributed by atoms with Gasteiger partial charge in [-0.25, -0.2) is 14.6 Å². The molecule has 0 saturated carbocycles. The van der Waals surface area contributed by atoms with E-state index in [0.717, 1.165) is 33.2 Å². The van der Waals surface area contributed by atoms with E-state index in [9.17, 15) is 14.4 Å². The van der Waals surface area contributed by atoms with Crippen molar-refractivity contribution in [1.82, 2.24) is 23.3 Å². The Morgan fingerprint density at radius 2 is 1.54 bits per heavy atom. The molecule has 1 fully saturated rings. The minimum absolute atomic E-state index is 0.0311. The topological polar surface area (TPSA) is 87.1 Å². The molecular weight excluding hydrogens is 516 g/mol. The molecule has 10 heteroatoms. The van der Waals surface area contributed by atoms with E-state index >= 15 is 0 Å². The first-order chi connectivity index (χ1) is 18.7. The van der Waals surface area contributed by atoms with Crippen LogP contribution >= 0.6 is 11.6 Å². The van der Waals surface area contributed by atoms with E-state index < -0.39 is 0 Å². The van der Waals surface area contributed by atoms with E-state index in [1.807, 2.05) is 57.2 Å². The van der Waals surface area contributed by atoms with Crippen molar-refractivity contribution in [3.63, 3.8) is 0 Å². The molecule has 5 aromatic rings. The second-order valence-electron chi connectivity index (χ2n) is 10.3. The molecule has 0 atom stereocenters. The zero-order valence-electron chi connectivity index (χ0n) is 22.6. The summed E-state index contributed by atoms with van der Waals surface area (Å²) in [4.78, 5) is 46.5. The van der Waals surface area contributed by atoms with Crippen molar-refractivity contribution in [1.29, 1.82) is 0 Å². The summed E-state index contributed by atoms with van der Waals surface area (Å²) in [5.74, 6) is 0. The van der Waals surface area contributed by atoms with E-state index in [2.05, 4.69) is 9.88 Å². The normalized spacial score (nSPS) is 14.7. The fraction of sp³-hybridized carbons (Fsp3) is 0.379. The van der Waals surface area contributed by atoms with E-state index in [0.29, 0.717) is 55.1 Å². The van der Waals surface area contributed by atoms with E-state index in [1.165, 1.54) is 4.57 Å². The van der Waals surface area contributed by atoms with E-state index in [4.69, 9.17) is 11.6 Å². The number of aromatic nitrogens is 5. The van der Waals surface area contributed by atoms with Gasteiger partial charge in [0.2, 0.25) is 0 Å². The number of halogens is 1. The predicted octanol–water partition coefficient (Wildman–Crippen LogP) is 4.21. The minimum atomic E-state index is -0.285. The number of anilines is 1. The van der Waals surface area contributed by atoms with Crippen LogP contribution in [0.2, 0.25) is 5.15 Å². The second-order valence-corrected chi connectivity index (χ2v) is 10.7. The van der Waals surface area contributed by atoms with E-state index in [1.54, 1.807) is 20.7 Å². The van der Waals surface area contributed by atoms with Crippen LogP contribution in [-0.2, 0) is 20.1 Å². The van der Waals surface area contributed by atoms with Gasteiger partial charge in [-0.3, -0.25) is 23.1 Å². The SMILES string of the molecule is CCn1c(=O)n(CC)c2cc3c(N4CCC(n5c(=O)c6cc(C)ccc6n(C)c5=O)CC4)cc(Cl)nc3cc21. The minimum Gasteiger partial charge on any atom is -0.371 e. The Kier molecular flexibility index (Phi) is 6.14. The summed E-state index contributed by atoms with van der Waals surface area (Å²) in [7, 11) is 1.72. The Labute approximate surface area is 229 Å². The molecule has 1 aliphatic heterocycles. The van der Waals surface area contributed by atoms with Crippen LogP contribution in [0.4, 0.5) is 5.69 Å². The number of rotatable bonds is 4. The summed E-state index contributed by atoms with van der Waals surface area (Å²) in [5.41, 5.74) is 4.49. The molecule has 202 valence electrons. The molecule has 9 nitrogen and oxygen atoms in total. The molecule has 2 aromatic carbocycles. The maximum atomic E-state index is 13.4. The van der Waals surface area contributed by atoms with E-state index in [-0.39, 0.29) is 23.0 Å². The van der Waals surface area contributed by atoms with Gasteiger partial charge in [-0.05, 0) is 63.9 Å². The van der Waals surface area contributed by atoms with Crippen molar-refractivity contribution in [2.45, 2.75) is 52.7 Å². The summed E-state index contributed by atoms with van der Waals surface area (Å²) in [5, 5.41) is 1.88. The number of hydrogen-bond acceptors (Lipinski definition) is 5. The first kappa shape index (κ1) is 25.4. The van der Waals surface area contributed by atoms with Crippen molar-refractivity contribution in [2.75, 3.05) is 18.0 Å². The zero-order valence-corrected chi connectivity index (χ0v) is 23.3. The molecule has 0 aliphatic carbocycles. The molecule has 3 aromatic heterocycles. The Balaban J connectivity index is 1.40. The highest BCUT2D eigenvalue weighted by Crippen LogP contribution is 2.34. The van der Waals surface area contributed by atoms with Crippen LogP contribution in [0.3, 0.4) is 0 Å². The van der Waals surface area contributed by atoms with Crippen LogP contribution in [0.1, 0.15) is 38.3 Å². The Morgan fingerprint density at radius 1 is 0.872 bits per heavy atom. The number of pyridine rings is 1. The van der Waals surface area contributed by atoms with Crippen LogP contribution in [0.5, 0.6) is 0 Å². The third kappa shape index (κ3) is 3.90. The highest BCUT2D eigenvalue weighted by atomic mass is 35.5. The number of fused-ring (bicyclic) bond motifs is 3. The highest BCUT2D eigenvalue weighted by Gasteiger charge is 2.26. The molecule has 6 rings (SSSR count). The van der Waals surface area contributed by atoms with Gasteiger partial charge in [0, 0.05) is 50.3 Å². The zero-order chi connectivity index (χ0) is 27.6. The van der Waals surface area contributed by atoms with Gasteiger partial charge in [0.25, 0.3) is 5.56 Å². The number of piperidine rings is 1. The Hall–Kier alpha value is -3.85. The van der Waals surface area contributed by atoms with Crippen LogP contribution in [-0.4, -0.2) is 36.3 Å². The Bertz CT molecular complexity index is 1960. The summed E-state index contributed by atoms with van der Waals surface area (Å²) in [6, 6.07) is 11.3. The fourth-order valence-corrected chi connectivity index (χ4v) is 6.33. The van der Waals surface area contributed by atoms with Crippen LogP contribution < -0.4 is 21.8 Å². The van der Waals surface area contributed by atoms with Crippen molar-refractivity contribution in [2.24, 2.45) is 7.05 Å². The van der Waals surface area contributed by atoms with Gasteiger partial charge in [0.05, 0.1) is 27.5 Å². The van der Waals surface area contributed by atoms with Crippen molar-refractivity contribution < 1.29 is 0 Å². The highest BCUT2D eigenvalue weighted by molar-refractivity contribution is 6.30. The lowest BCUT2D eigenvalue weighted by atomic mass is 10.0. The number of hydrogen-bond donors (Lipinski definition) is 0. The maximum absolute atomic E-state index is 13.4. The molecule has 0 radical (unpaired) electrons. The maximum Gasteiger partial charge on any atom is 0.331 e. The predicted molar refractivity (Wildman–Crippen MR) is 157 cm³/mol.